The van der Waals surface area contributed by atoms with Gasteiger partial charge in [0, 0.05) is 5.56 Å². The quantitative estimate of drug-likeness (QED) is 0.622. The zero-order chi connectivity index (χ0) is 17.2. The highest BCUT2D eigenvalue weighted by Crippen LogP contribution is 2.26. The predicted molar refractivity (Wildman–Crippen MR) is 96.4 cm³/mol. The van der Waals surface area contributed by atoms with Gasteiger partial charge in [0.1, 0.15) is 6.10 Å². The summed E-state index contributed by atoms with van der Waals surface area (Å²) in [5.41, 5.74) is 2.60. The van der Waals surface area contributed by atoms with Crippen LogP contribution in [0.3, 0.4) is 0 Å². The van der Waals surface area contributed by atoms with E-state index in [9.17, 15) is 9.90 Å². The molecule has 0 amide bonds. The number of carbonyl (C=O) groups is 1. The molecule has 0 bridgehead atoms. The summed E-state index contributed by atoms with van der Waals surface area (Å²) >= 11 is 0. The van der Waals surface area contributed by atoms with Gasteiger partial charge >= 0.3 is 0 Å². The number of imidazole rings is 1. The van der Waals surface area contributed by atoms with Gasteiger partial charge < -0.3 is 5.11 Å². The predicted octanol–water partition coefficient (Wildman–Crippen LogP) is 3.81. The second-order valence-electron chi connectivity index (χ2n) is 5.78. The van der Waals surface area contributed by atoms with Gasteiger partial charge in [0.05, 0.1) is 11.0 Å². The van der Waals surface area contributed by atoms with Gasteiger partial charge in [-0.05, 0) is 29.8 Å². The number of aromatic nitrogens is 2. The maximum Gasteiger partial charge on any atom is 0.263 e. The highest BCUT2D eigenvalue weighted by molar-refractivity contribution is 6.01. The summed E-state index contributed by atoms with van der Waals surface area (Å²) in [6.45, 7) is 0. The van der Waals surface area contributed by atoms with Crippen LogP contribution in [0.4, 0.5) is 0 Å². The number of rotatable bonds is 3. The monoisotopic (exact) mass is 328 g/mol. The van der Waals surface area contributed by atoms with Crippen molar-refractivity contribution in [2.75, 3.05) is 0 Å². The standard InChI is InChI=1S/C21H16N2O2/c24-19(15-9-3-1-4-10-15)20-22-17-13-7-8-14-18(17)23(20)21(25)16-11-5-2-6-12-16/h1-14,19,24H/t19-/m0/s1. The Hall–Kier alpha value is -3.24. The van der Waals surface area contributed by atoms with Crippen molar-refractivity contribution in [1.82, 2.24) is 9.55 Å². The third kappa shape index (κ3) is 2.73. The molecule has 0 saturated carbocycles. The van der Waals surface area contributed by atoms with Crippen molar-refractivity contribution < 1.29 is 9.90 Å². The van der Waals surface area contributed by atoms with Crippen molar-refractivity contribution in [3.05, 3.63) is 102 Å². The average molecular weight is 328 g/mol. The fourth-order valence-corrected chi connectivity index (χ4v) is 2.94. The zero-order valence-corrected chi connectivity index (χ0v) is 13.4. The molecule has 0 aliphatic carbocycles. The third-order valence-corrected chi connectivity index (χ3v) is 4.17. The Balaban J connectivity index is 1.91. The summed E-state index contributed by atoms with van der Waals surface area (Å²) in [4.78, 5) is 17.6. The van der Waals surface area contributed by atoms with E-state index < -0.39 is 6.10 Å². The van der Waals surface area contributed by atoms with Crippen LogP contribution >= 0.6 is 0 Å². The summed E-state index contributed by atoms with van der Waals surface area (Å²) < 4.78 is 1.50. The molecule has 4 nitrogen and oxygen atoms in total. The molecule has 4 heteroatoms. The Kier molecular flexibility index (Phi) is 3.88. The van der Waals surface area contributed by atoms with Gasteiger partial charge in [0.15, 0.2) is 5.82 Å². The van der Waals surface area contributed by atoms with E-state index in [2.05, 4.69) is 4.98 Å². The molecule has 0 spiro atoms. The molecule has 25 heavy (non-hydrogen) atoms. The molecule has 0 aliphatic heterocycles. The van der Waals surface area contributed by atoms with Crippen LogP contribution in [0, 0.1) is 0 Å². The molecule has 0 fully saturated rings. The summed E-state index contributed by atoms with van der Waals surface area (Å²) in [6.07, 6.45) is -0.985. The van der Waals surface area contributed by atoms with E-state index in [1.165, 1.54) is 4.57 Å². The minimum atomic E-state index is -0.985. The summed E-state index contributed by atoms with van der Waals surface area (Å²) in [5.74, 6) is 0.112. The van der Waals surface area contributed by atoms with E-state index in [-0.39, 0.29) is 5.91 Å². The van der Waals surface area contributed by atoms with Crippen molar-refractivity contribution in [2.45, 2.75) is 6.10 Å². The van der Waals surface area contributed by atoms with Crippen LogP contribution < -0.4 is 0 Å². The lowest BCUT2D eigenvalue weighted by Gasteiger charge is -2.13. The molecule has 0 aliphatic rings. The average Bonchev–Trinajstić information content (AvgIpc) is 3.07. The van der Waals surface area contributed by atoms with E-state index >= 15 is 0 Å². The molecule has 122 valence electrons. The SMILES string of the molecule is O=C(c1ccccc1)n1c([C@@H](O)c2ccccc2)nc2ccccc21. The van der Waals surface area contributed by atoms with Gasteiger partial charge in [-0.1, -0.05) is 60.7 Å². The molecule has 0 saturated heterocycles. The molecular formula is C21H16N2O2. The van der Waals surface area contributed by atoms with Gasteiger partial charge in [-0.2, -0.15) is 0 Å². The van der Waals surface area contributed by atoms with Crippen LogP contribution in [0.25, 0.3) is 11.0 Å². The number of nitrogens with zero attached hydrogens (tertiary/aromatic N) is 2. The first-order valence-corrected chi connectivity index (χ1v) is 8.06. The second-order valence-corrected chi connectivity index (χ2v) is 5.78. The van der Waals surface area contributed by atoms with Crippen molar-refractivity contribution in [1.29, 1.82) is 0 Å². The topological polar surface area (TPSA) is 55.1 Å². The van der Waals surface area contributed by atoms with E-state index in [0.717, 1.165) is 0 Å². The summed E-state index contributed by atoms with van der Waals surface area (Å²) in [6, 6.07) is 25.7. The maximum atomic E-state index is 13.1. The molecule has 4 aromatic rings. The Morgan fingerprint density at radius 3 is 2.16 bits per heavy atom. The lowest BCUT2D eigenvalue weighted by atomic mass is 10.1. The smallest absolute Gasteiger partial charge is 0.263 e. The van der Waals surface area contributed by atoms with Crippen LogP contribution in [0.5, 0.6) is 0 Å². The lowest BCUT2D eigenvalue weighted by molar-refractivity contribution is 0.0948. The molecule has 1 aromatic heterocycles. The van der Waals surface area contributed by atoms with Crippen LogP contribution in [-0.2, 0) is 0 Å². The van der Waals surface area contributed by atoms with E-state index in [1.54, 1.807) is 12.1 Å². The summed E-state index contributed by atoms with van der Waals surface area (Å²) in [5, 5.41) is 10.8. The number of hydrogen-bond acceptors (Lipinski definition) is 3. The van der Waals surface area contributed by atoms with E-state index in [1.807, 2.05) is 72.8 Å². The Labute approximate surface area is 145 Å². The zero-order valence-electron chi connectivity index (χ0n) is 13.4. The van der Waals surface area contributed by atoms with Gasteiger partial charge in [-0.15, -0.1) is 0 Å². The number of aliphatic hydroxyl groups excluding tert-OH is 1. The molecule has 1 N–H and O–H groups in total. The number of carbonyl (C=O) groups excluding carboxylic acids is 1. The fourth-order valence-electron chi connectivity index (χ4n) is 2.94. The minimum absolute atomic E-state index is 0.209. The minimum Gasteiger partial charge on any atom is -0.380 e. The normalized spacial score (nSPS) is 12.2. The molecule has 3 aromatic carbocycles. The maximum absolute atomic E-state index is 13.1. The second kappa shape index (κ2) is 6.34. The van der Waals surface area contributed by atoms with Crippen molar-refractivity contribution in [3.8, 4) is 0 Å². The van der Waals surface area contributed by atoms with Crippen LogP contribution in [-0.4, -0.2) is 20.6 Å². The molecule has 4 rings (SSSR count). The van der Waals surface area contributed by atoms with Crippen molar-refractivity contribution in [3.63, 3.8) is 0 Å². The van der Waals surface area contributed by atoms with Crippen LogP contribution in [0.2, 0.25) is 0 Å². The largest absolute Gasteiger partial charge is 0.380 e. The molecule has 1 atom stereocenters. The number of aliphatic hydroxyl groups is 1. The van der Waals surface area contributed by atoms with Gasteiger partial charge in [0.25, 0.3) is 5.91 Å². The number of benzene rings is 3. The number of fused-ring (bicyclic) bond motifs is 1. The molecule has 0 radical (unpaired) electrons. The number of para-hydroxylation sites is 2. The fraction of sp³-hybridized carbons (Fsp3) is 0.0476. The molecule has 1 heterocycles. The summed E-state index contributed by atoms with van der Waals surface area (Å²) in [7, 11) is 0. The van der Waals surface area contributed by atoms with Crippen LogP contribution in [0.15, 0.2) is 84.9 Å². The Morgan fingerprint density at radius 2 is 1.44 bits per heavy atom. The lowest BCUT2D eigenvalue weighted by Crippen LogP contribution is -2.18. The first-order chi connectivity index (χ1) is 12.3. The third-order valence-electron chi connectivity index (χ3n) is 4.17. The highest BCUT2D eigenvalue weighted by Gasteiger charge is 2.24. The van der Waals surface area contributed by atoms with Crippen molar-refractivity contribution >= 4 is 16.9 Å². The Bertz CT molecular complexity index is 1020. The first-order valence-electron chi connectivity index (χ1n) is 8.06. The van der Waals surface area contributed by atoms with E-state index in [0.29, 0.717) is 28.0 Å². The first kappa shape index (κ1) is 15.3. The van der Waals surface area contributed by atoms with E-state index in [4.69, 9.17) is 0 Å². The Morgan fingerprint density at radius 1 is 0.840 bits per heavy atom. The van der Waals surface area contributed by atoms with Crippen molar-refractivity contribution in [2.24, 2.45) is 0 Å². The number of hydrogen-bond donors (Lipinski definition) is 1. The highest BCUT2D eigenvalue weighted by atomic mass is 16.3. The van der Waals surface area contributed by atoms with Gasteiger partial charge in [-0.25, -0.2) is 4.98 Å². The van der Waals surface area contributed by atoms with Crippen LogP contribution in [0.1, 0.15) is 27.8 Å². The molecule has 0 unspecified atom stereocenters. The van der Waals surface area contributed by atoms with Gasteiger partial charge in [0.2, 0.25) is 0 Å². The van der Waals surface area contributed by atoms with Gasteiger partial charge in [-0.3, -0.25) is 9.36 Å². The molecular weight excluding hydrogens is 312 g/mol.